The number of fused-ring (bicyclic) bond motifs is 5. The van der Waals surface area contributed by atoms with Crippen molar-refractivity contribution < 1.29 is 14.6 Å². The van der Waals surface area contributed by atoms with Gasteiger partial charge < -0.3 is 14.7 Å². The van der Waals surface area contributed by atoms with Crippen LogP contribution >= 0.6 is 0 Å². The van der Waals surface area contributed by atoms with E-state index < -0.39 is 5.60 Å². The summed E-state index contributed by atoms with van der Waals surface area (Å²) in [4.78, 5) is 15.5. The summed E-state index contributed by atoms with van der Waals surface area (Å²) in [5.41, 5.74) is 7.81. The Labute approximate surface area is 222 Å². The third-order valence-electron chi connectivity index (χ3n) is 9.69. The van der Waals surface area contributed by atoms with Crippen molar-refractivity contribution in [2.75, 3.05) is 6.61 Å². The van der Waals surface area contributed by atoms with Crippen LogP contribution in [0.25, 0.3) is 21.9 Å². The maximum Gasteiger partial charge on any atom is 0.410 e. The summed E-state index contributed by atoms with van der Waals surface area (Å²) in [5.74, 6) is 0.0549. The van der Waals surface area contributed by atoms with Crippen LogP contribution in [0.3, 0.4) is 0 Å². The molecule has 2 fully saturated rings. The summed E-state index contributed by atoms with van der Waals surface area (Å²) < 4.78 is 6.05. The van der Waals surface area contributed by atoms with Crippen LogP contribution in [0.2, 0.25) is 0 Å². The molecule has 190 valence electrons. The molecular weight excluding hydrogens is 470 g/mol. The largest absolute Gasteiger partial charge is 0.448 e. The van der Waals surface area contributed by atoms with Gasteiger partial charge in [-0.1, -0.05) is 78.9 Å². The molecule has 2 aliphatic heterocycles. The number of benzene rings is 4. The molecule has 0 radical (unpaired) electrons. The van der Waals surface area contributed by atoms with E-state index in [2.05, 4.69) is 78.9 Å². The molecule has 2 heterocycles. The fourth-order valence-corrected chi connectivity index (χ4v) is 8.06. The average molecular weight is 502 g/mol. The predicted molar refractivity (Wildman–Crippen MR) is 148 cm³/mol. The van der Waals surface area contributed by atoms with Gasteiger partial charge in [0.1, 0.15) is 6.61 Å². The van der Waals surface area contributed by atoms with E-state index >= 15 is 0 Å². The second-order valence-electron chi connectivity index (χ2n) is 11.6. The van der Waals surface area contributed by atoms with Crippen molar-refractivity contribution in [1.29, 1.82) is 0 Å². The van der Waals surface area contributed by atoms with Gasteiger partial charge in [-0.3, -0.25) is 0 Å². The lowest BCUT2D eigenvalue weighted by atomic mass is 9.78. The van der Waals surface area contributed by atoms with Crippen LogP contribution in [-0.4, -0.2) is 34.8 Å². The highest BCUT2D eigenvalue weighted by molar-refractivity contribution is 5.94. The molecule has 1 N–H and O–H groups in total. The van der Waals surface area contributed by atoms with Crippen LogP contribution in [0.5, 0.6) is 0 Å². The Morgan fingerprint density at radius 2 is 1.45 bits per heavy atom. The molecule has 1 amide bonds. The number of hydrogen-bond donors (Lipinski definition) is 1. The smallest absolute Gasteiger partial charge is 0.410 e. The first-order valence-corrected chi connectivity index (χ1v) is 14.0. The first-order chi connectivity index (χ1) is 18.6. The van der Waals surface area contributed by atoms with E-state index in [0.29, 0.717) is 19.4 Å². The number of ether oxygens (including phenoxy) is 1. The van der Waals surface area contributed by atoms with Gasteiger partial charge in [0.15, 0.2) is 0 Å². The molecule has 8 rings (SSSR count). The zero-order chi connectivity index (χ0) is 25.4. The van der Waals surface area contributed by atoms with E-state index in [1.807, 2.05) is 4.90 Å². The number of rotatable bonds is 3. The number of amides is 1. The summed E-state index contributed by atoms with van der Waals surface area (Å²) >= 11 is 0. The Balaban J connectivity index is 1.04. The topological polar surface area (TPSA) is 49.8 Å². The standard InChI is InChI=1S/C34H31NO3/c36-33(38-20-30-27-9-3-1-7-25(27)26-8-2-4-10-28(26)30)35-23-15-16-24(35)19-34(37,18-23)31-17-14-22-13-12-21-6-5-11-29(31)32(21)22/h1-11,14,17,23-24,30,37H,12-13,15-16,18-20H2. The van der Waals surface area contributed by atoms with E-state index in [1.54, 1.807) is 0 Å². The second kappa shape index (κ2) is 8.18. The highest BCUT2D eigenvalue weighted by Gasteiger charge is 2.51. The highest BCUT2D eigenvalue weighted by atomic mass is 16.6. The molecule has 2 aliphatic carbocycles. The van der Waals surface area contributed by atoms with Gasteiger partial charge in [-0.25, -0.2) is 4.79 Å². The number of aliphatic hydroxyl groups is 1. The van der Waals surface area contributed by atoms with Crippen molar-refractivity contribution >= 4 is 16.9 Å². The summed E-state index contributed by atoms with van der Waals surface area (Å²) in [5, 5.41) is 14.6. The summed E-state index contributed by atoms with van der Waals surface area (Å²) in [6.07, 6.45) is 4.88. The first kappa shape index (κ1) is 22.4. The van der Waals surface area contributed by atoms with Crippen LogP contribution in [-0.2, 0) is 23.2 Å². The van der Waals surface area contributed by atoms with Gasteiger partial charge >= 0.3 is 6.09 Å². The maximum atomic E-state index is 13.5. The zero-order valence-corrected chi connectivity index (χ0v) is 21.4. The molecule has 4 nitrogen and oxygen atoms in total. The van der Waals surface area contributed by atoms with E-state index in [4.69, 9.17) is 4.74 Å². The second-order valence-corrected chi connectivity index (χ2v) is 11.6. The molecule has 2 unspecified atom stereocenters. The van der Waals surface area contributed by atoms with Crippen LogP contribution in [0.1, 0.15) is 59.4 Å². The Bertz CT molecular complexity index is 1540. The van der Waals surface area contributed by atoms with Crippen molar-refractivity contribution in [2.45, 2.75) is 62.1 Å². The van der Waals surface area contributed by atoms with E-state index in [1.165, 1.54) is 44.2 Å². The monoisotopic (exact) mass is 501 g/mol. The molecule has 0 aromatic heterocycles. The number of nitrogens with zero attached hydrogens (tertiary/aromatic N) is 1. The molecule has 2 bridgehead atoms. The maximum absolute atomic E-state index is 13.5. The lowest BCUT2D eigenvalue weighted by molar-refractivity contribution is -0.0521. The molecule has 2 atom stereocenters. The van der Waals surface area contributed by atoms with Crippen LogP contribution in [0.4, 0.5) is 4.79 Å². The molecule has 4 aromatic rings. The lowest BCUT2D eigenvalue weighted by Gasteiger charge is -2.44. The number of piperidine rings is 1. The number of aryl methyl sites for hydroxylation is 2. The van der Waals surface area contributed by atoms with Crippen molar-refractivity contribution in [2.24, 2.45) is 0 Å². The minimum atomic E-state index is -0.925. The zero-order valence-electron chi connectivity index (χ0n) is 21.4. The SMILES string of the molecule is O=C(OCC1c2ccccc2-c2ccccc21)N1C2CCC1CC(O)(c1ccc3c4c(cccc14)CC3)C2. The van der Waals surface area contributed by atoms with Crippen molar-refractivity contribution in [3.05, 3.63) is 107 Å². The van der Waals surface area contributed by atoms with Gasteiger partial charge in [0.2, 0.25) is 0 Å². The molecule has 4 aromatic carbocycles. The van der Waals surface area contributed by atoms with Crippen LogP contribution in [0.15, 0.2) is 78.9 Å². The number of hydrogen-bond acceptors (Lipinski definition) is 3. The molecule has 4 heteroatoms. The van der Waals surface area contributed by atoms with Gasteiger partial charge in [-0.2, -0.15) is 0 Å². The van der Waals surface area contributed by atoms with E-state index in [0.717, 1.165) is 31.2 Å². The Morgan fingerprint density at radius 3 is 2.13 bits per heavy atom. The molecule has 4 aliphatic rings. The van der Waals surface area contributed by atoms with Crippen LogP contribution in [0, 0.1) is 0 Å². The molecular formula is C34H31NO3. The number of carbonyl (C=O) groups is 1. The van der Waals surface area contributed by atoms with Crippen molar-refractivity contribution in [3.63, 3.8) is 0 Å². The minimum Gasteiger partial charge on any atom is -0.448 e. The fraction of sp³-hybridized carbons (Fsp3) is 0.324. The van der Waals surface area contributed by atoms with Gasteiger partial charge in [0.05, 0.1) is 5.60 Å². The summed E-state index contributed by atoms with van der Waals surface area (Å²) in [6, 6.07) is 27.7. The predicted octanol–water partition coefficient (Wildman–Crippen LogP) is 6.70. The van der Waals surface area contributed by atoms with Crippen LogP contribution < -0.4 is 0 Å². The van der Waals surface area contributed by atoms with Crippen molar-refractivity contribution in [1.82, 2.24) is 4.90 Å². The normalized spacial score (nSPS) is 25.0. The molecule has 38 heavy (non-hydrogen) atoms. The Morgan fingerprint density at radius 1 is 0.816 bits per heavy atom. The number of carbonyl (C=O) groups excluding carboxylic acids is 1. The van der Waals surface area contributed by atoms with E-state index in [-0.39, 0.29) is 24.1 Å². The average Bonchev–Trinajstić information content (AvgIpc) is 3.59. The van der Waals surface area contributed by atoms with Gasteiger partial charge in [0.25, 0.3) is 0 Å². The quantitative estimate of drug-likeness (QED) is 0.340. The minimum absolute atomic E-state index is 0.00237. The summed E-state index contributed by atoms with van der Waals surface area (Å²) in [7, 11) is 0. The highest BCUT2D eigenvalue weighted by Crippen LogP contribution is 2.49. The molecule has 0 saturated carbocycles. The fourth-order valence-electron chi connectivity index (χ4n) is 8.06. The Kier molecular flexibility index (Phi) is 4.82. The van der Waals surface area contributed by atoms with Gasteiger partial charge in [-0.05, 0) is 75.4 Å². The first-order valence-electron chi connectivity index (χ1n) is 14.0. The molecule has 2 saturated heterocycles. The Hall–Kier alpha value is -3.63. The third kappa shape index (κ3) is 3.16. The van der Waals surface area contributed by atoms with E-state index in [9.17, 15) is 9.90 Å². The van der Waals surface area contributed by atoms with Gasteiger partial charge in [0, 0.05) is 30.8 Å². The third-order valence-corrected chi connectivity index (χ3v) is 9.69. The lowest BCUT2D eigenvalue weighted by Crippen LogP contribution is -2.52. The van der Waals surface area contributed by atoms with Gasteiger partial charge in [-0.15, -0.1) is 0 Å². The molecule has 0 spiro atoms. The summed E-state index contributed by atoms with van der Waals surface area (Å²) in [6.45, 7) is 0.335. The van der Waals surface area contributed by atoms with Crippen molar-refractivity contribution in [3.8, 4) is 11.1 Å².